The third kappa shape index (κ3) is 3.48. The summed E-state index contributed by atoms with van der Waals surface area (Å²) in [6.45, 7) is 8.50. The van der Waals surface area contributed by atoms with Gasteiger partial charge < -0.3 is 19.1 Å². The number of nitrogens with zero attached hydrogens (tertiary/aromatic N) is 3. The topological polar surface area (TPSA) is 54.8 Å². The van der Waals surface area contributed by atoms with Crippen molar-refractivity contribution < 1.29 is 14.3 Å². The van der Waals surface area contributed by atoms with E-state index in [9.17, 15) is 9.59 Å². The molecule has 0 spiro atoms. The Morgan fingerprint density at radius 3 is 2.60 bits per heavy atom. The lowest BCUT2D eigenvalue weighted by Crippen LogP contribution is -2.42. The van der Waals surface area contributed by atoms with Gasteiger partial charge in [0.1, 0.15) is 6.17 Å². The molecule has 30 heavy (non-hydrogen) atoms. The average molecular weight is 410 g/mol. The van der Waals surface area contributed by atoms with Crippen LogP contribution in [0, 0.1) is 11.3 Å². The summed E-state index contributed by atoms with van der Waals surface area (Å²) < 4.78 is 7.63. The van der Waals surface area contributed by atoms with Gasteiger partial charge in [-0.25, -0.2) is 0 Å². The van der Waals surface area contributed by atoms with Crippen molar-refractivity contribution in [2.45, 2.75) is 46.7 Å². The molecule has 0 bridgehead atoms. The van der Waals surface area contributed by atoms with Crippen molar-refractivity contribution >= 4 is 22.7 Å². The molecule has 0 fully saturated rings. The standard InChI is InChI=1S/C24H31N3O3/c1-16-26(12-13-27(16)15-30-23(29)24(2,3)4)14-17-10-11-20-21(22(17)28)18-8-6-7-9-19(18)25(20)5/h6-9,12-13,16-17H,10-11,14-15H2,1-5H3. The Morgan fingerprint density at radius 1 is 1.17 bits per heavy atom. The van der Waals surface area contributed by atoms with Gasteiger partial charge in [-0.3, -0.25) is 9.59 Å². The zero-order valence-corrected chi connectivity index (χ0v) is 18.5. The lowest BCUT2D eigenvalue weighted by Gasteiger charge is -2.33. The number of rotatable bonds is 4. The van der Waals surface area contributed by atoms with Crippen LogP contribution in [0.5, 0.6) is 0 Å². The van der Waals surface area contributed by atoms with Gasteiger partial charge >= 0.3 is 5.97 Å². The van der Waals surface area contributed by atoms with E-state index in [4.69, 9.17) is 4.74 Å². The molecule has 0 amide bonds. The maximum absolute atomic E-state index is 13.4. The third-order valence-electron chi connectivity index (χ3n) is 6.37. The predicted molar refractivity (Wildman–Crippen MR) is 117 cm³/mol. The molecule has 6 heteroatoms. The summed E-state index contributed by atoms with van der Waals surface area (Å²) in [5.41, 5.74) is 2.66. The highest BCUT2D eigenvalue weighted by molar-refractivity contribution is 6.11. The number of ketones is 1. The number of carbonyl (C=O) groups excluding carboxylic acids is 2. The molecule has 1 aromatic heterocycles. The number of hydrogen-bond acceptors (Lipinski definition) is 5. The normalized spacial score (nSPS) is 21.4. The van der Waals surface area contributed by atoms with Crippen LogP contribution >= 0.6 is 0 Å². The zero-order chi connectivity index (χ0) is 21.6. The zero-order valence-electron chi connectivity index (χ0n) is 18.5. The fourth-order valence-electron chi connectivity index (χ4n) is 4.41. The van der Waals surface area contributed by atoms with E-state index in [1.165, 1.54) is 0 Å². The fraction of sp³-hybridized carbons (Fsp3) is 0.500. The molecule has 2 aromatic rings. The molecule has 4 rings (SSSR count). The van der Waals surface area contributed by atoms with Crippen LogP contribution in [0.25, 0.3) is 10.9 Å². The molecule has 2 unspecified atom stereocenters. The Kier molecular flexibility index (Phi) is 5.12. The molecule has 2 atom stereocenters. The van der Waals surface area contributed by atoms with Crippen molar-refractivity contribution in [2.24, 2.45) is 18.4 Å². The summed E-state index contributed by atoms with van der Waals surface area (Å²) >= 11 is 0. The summed E-state index contributed by atoms with van der Waals surface area (Å²) in [5.74, 6) is -0.00812. The van der Waals surface area contributed by atoms with Crippen LogP contribution in [0.3, 0.4) is 0 Å². The van der Waals surface area contributed by atoms with Gasteiger partial charge in [-0.1, -0.05) is 18.2 Å². The minimum Gasteiger partial charge on any atom is -0.444 e. The number of ether oxygens (including phenoxy) is 1. The minimum absolute atomic E-state index is 0.0347. The molecule has 160 valence electrons. The van der Waals surface area contributed by atoms with Gasteiger partial charge in [-0.2, -0.15) is 0 Å². The summed E-state index contributed by atoms with van der Waals surface area (Å²) in [5, 5.41) is 1.06. The molecule has 0 radical (unpaired) electrons. The first-order chi connectivity index (χ1) is 14.2. The molecule has 2 aliphatic rings. The summed E-state index contributed by atoms with van der Waals surface area (Å²) in [6, 6.07) is 8.16. The van der Waals surface area contributed by atoms with Crippen LogP contribution in [-0.2, 0) is 23.0 Å². The number of esters is 1. The Hall–Kier alpha value is -2.76. The second-order valence-electron chi connectivity index (χ2n) is 9.45. The van der Waals surface area contributed by atoms with Crippen molar-refractivity contribution in [3.05, 3.63) is 47.9 Å². The number of benzene rings is 1. The Bertz CT molecular complexity index is 1010. The largest absolute Gasteiger partial charge is 0.444 e. The molecule has 0 N–H and O–H groups in total. The summed E-state index contributed by atoms with van der Waals surface area (Å²) in [6.07, 6.45) is 5.75. The van der Waals surface area contributed by atoms with Gasteiger partial charge in [0, 0.05) is 54.1 Å². The van der Waals surface area contributed by atoms with Crippen LogP contribution in [-0.4, -0.2) is 45.6 Å². The number of hydrogen-bond donors (Lipinski definition) is 0. The van der Waals surface area contributed by atoms with E-state index >= 15 is 0 Å². The molecular formula is C24H31N3O3. The van der Waals surface area contributed by atoms with Crippen molar-refractivity contribution in [3.8, 4) is 0 Å². The van der Waals surface area contributed by atoms with Gasteiger partial charge in [0.15, 0.2) is 12.5 Å². The highest BCUT2D eigenvalue weighted by Crippen LogP contribution is 2.34. The first-order valence-corrected chi connectivity index (χ1v) is 10.7. The Morgan fingerprint density at radius 2 is 1.87 bits per heavy atom. The van der Waals surface area contributed by atoms with Crippen LogP contribution in [0.1, 0.15) is 50.2 Å². The first-order valence-electron chi connectivity index (χ1n) is 10.7. The van der Waals surface area contributed by atoms with Crippen molar-refractivity contribution in [3.63, 3.8) is 0 Å². The summed E-state index contributed by atoms with van der Waals surface area (Å²) in [4.78, 5) is 29.6. The van der Waals surface area contributed by atoms with Crippen LogP contribution in [0.2, 0.25) is 0 Å². The maximum atomic E-state index is 13.4. The highest BCUT2D eigenvalue weighted by Gasteiger charge is 2.35. The van der Waals surface area contributed by atoms with Crippen LogP contribution in [0.15, 0.2) is 36.7 Å². The van der Waals surface area contributed by atoms with E-state index in [0.717, 1.165) is 35.0 Å². The van der Waals surface area contributed by atoms with Gasteiger partial charge in [0.05, 0.1) is 5.41 Å². The number of aromatic nitrogens is 1. The van der Waals surface area contributed by atoms with E-state index in [1.54, 1.807) is 0 Å². The average Bonchev–Trinajstić information content (AvgIpc) is 3.20. The molecule has 1 aliphatic heterocycles. The second kappa shape index (κ2) is 7.49. The highest BCUT2D eigenvalue weighted by atomic mass is 16.5. The van der Waals surface area contributed by atoms with Crippen molar-refractivity contribution in [1.82, 2.24) is 14.4 Å². The van der Waals surface area contributed by atoms with Gasteiger partial charge in [0.2, 0.25) is 0 Å². The van der Waals surface area contributed by atoms with Crippen molar-refractivity contribution in [2.75, 3.05) is 13.3 Å². The van der Waals surface area contributed by atoms with E-state index in [0.29, 0.717) is 6.54 Å². The lowest BCUT2D eigenvalue weighted by molar-refractivity contribution is -0.158. The van der Waals surface area contributed by atoms with Crippen LogP contribution < -0.4 is 0 Å². The monoisotopic (exact) mass is 409 g/mol. The molecule has 0 saturated heterocycles. The molecule has 1 aliphatic carbocycles. The predicted octanol–water partition coefficient (Wildman–Crippen LogP) is 3.91. The lowest BCUT2D eigenvalue weighted by atomic mass is 9.84. The van der Waals surface area contributed by atoms with Gasteiger partial charge in [-0.15, -0.1) is 0 Å². The first kappa shape index (κ1) is 20.5. The number of para-hydroxylation sites is 1. The van der Waals surface area contributed by atoms with Gasteiger partial charge in [0.25, 0.3) is 0 Å². The quantitative estimate of drug-likeness (QED) is 0.717. The van der Waals surface area contributed by atoms with E-state index in [1.807, 2.05) is 50.2 Å². The second-order valence-corrected chi connectivity index (χ2v) is 9.45. The molecule has 6 nitrogen and oxygen atoms in total. The number of aryl methyl sites for hydroxylation is 1. The van der Waals surface area contributed by atoms with E-state index in [-0.39, 0.29) is 30.6 Å². The molecule has 1 aromatic carbocycles. The summed E-state index contributed by atoms with van der Waals surface area (Å²) in [7, 11) is 2.05. The minimum atomic E-state index is -0.517. The van der Waals surface area contributed by atoms with E-state index in [2.05, 4.69) is 35.6 Å². The Balaban J connectivity index is 1.44. The van der Waals surface area contributed by atoms with Gasteiger partial charge in [-0.05, 0) is 46.6 Å². The SMILES string of the molecule is CC1N(COC(=O)C(C)(C)C)C=CN1CC1CCc2c(c3ccccc3n2C)C1=O. The molecular weight excluding hydrogens is 378 g/mol. The number of Topliss-reactive ketones (excluding diaryl/α,β-unsaturated/α-hetero) is 1. The van der Waals surface area contributed by atoms with E-state index < -0.39 is 5.41 Å². The molecule has 2 heterocycles. The maximum Gasteiger partial charge on any atom is 0.312 e. The number of carbonyl (C=O) groups is 2. The number of fused-ring (bicyclic) bond motifs is 3. The third-order valence-corrected chi connectivity index (χ3v) is 6.37. The smallest absolute Gasteiger partial charge is 0.312 e. The fourth-order valence-corrected chi connectivity index (χ4v) is 4.41. The van der Waals surface area contributed by atoms with Crippen molar-refractivity contribution in [1.29, 1.82) is 0 Å². The Labute approximate surface area is 178 Å². The van der Waals surface area contributed by atoms with Crippen LogP contribution in [0.4, 0.5) is 0 Å². The molecule has 0 saturated carbocycles.